The molecule has 1 aromatic carbocycles. The Kier molecular flexibility index (Phi) is 6.08. The number of ether oxygens (including phenoxy) is 1. The maximum atomic E-state index is 11.5. The first kappa shape index (κ1) is 16.1. The summed E-state index contributed by atoms with van der Waals surface area (Å²) in [6, 6.07) is 2.95. The van der Waals surface area contributed by atoms with Crippen molar-refractivity contribution in [2.24, 2.45) is 0 Å². The van der Waals surface area contributed by atoms with Gasteiger partial charge in [0, 0.05) is 17.1 Å². The van der Waals surface area contributed by atoms with E-state index in [0.717, 1.165) is 0 Å². The van der Waals surface area contributed by atoms with Crippen molar-refractivity contribution >= 4 is 23.6 Å². The molecule has 110 valence electrons. The van der Waals surface area contributed by atoms with Gasteiger partial charge in [0.25, 0.3) is 0 Å². The van der Waals surface area contributed by atoms with Gasteiger partial charge in [0.1, 0.15) is 5.75 Å². The van der Waals surface area contributed by atoms with Gasteiger partial charge in [0.2, 0.25) is 0 Å². The second kappa shape index (κ2) is 7.56. The van der Waals surface area contributed by atoms with Gasteiger partial charge >= 0.3 is 12.0 Å². The van der Waals surface area contributed by atoms with Crippen molar-refractivity contribution in [2.75, 3.05) is 13.7 Å². The number of urea groups is 1. The quantitative estimate of drug-likeness (QED) is 0.615. The van der Waals surface area contributed by atoms with Crippen LogP contribution in [-0.2, 0) is 11.3 Å². The molecular weight excluding hydrogens is 288 g/mol. The number of carboxylic acid groups (broad SMARTS) is 1. The number of rotatable bonds is 6. The first-order valence-electron chi connectivity index (χ1n) is 5.69. The Morgan fingerprint density at radius 2 is 2.15 bits per heavy atom. The molecule has 0 aliphatic carbocycles. The fourth-order valence-electron chi connectivity index (χ4n) is 1.47. The van der Waals surface area contributed by atoms with Crippen LogP contribution in [0.2, 0.25) is 5.02 Å². The lowest BCUT2D eigenvalue weighted by molar-refractivity contribution is -0.140. The number of carbonyl (C=O) groups is 2. The number of hydrogen-bond acceptors (Lipinski definition) is 4. The van der Waals surface area contributed by atoms with E-state index in [1.165, 1.54) is 7.11 Å². The molecular formula is C12H15ClN2O5. The monoisotopic (exact) mass is 302 g/mol. The smallest absolute Gasteiger partial charge is 0.328 e. The van der Waals surface area contributed by atoms with Gasteiger partial charge in [-0.15, -0.1) is 0 Å². The number of carbonyl (C=O) groups excluding carboxylic acids is 1. The molecule has 4 N–H and O–H groups in total. The molecule has 0 unspecified atom stereocenters. The Morgan fingerprint density at radius 3 is 2.70 bits per heavy atom. The number of nitrogens with one attached hydrogen (secondary N) is 2. The van der Waals surface area contributed by atoms with Crippen LogP contribution >= 0.6 is 11.6 Å². The Hall–Kier alpha value is -1.99. The van der Waals surface area contributed by atoms with E-state index in [9.17, 15) is 9.59 Å². The topological polar surface area (TPSA) is 108 Å². The Morgan fingerprint density at radius 1 is 1.45 bits per heavy atom. The van der Waals surface area contributed by atoms with Crippen molar-refractivity contribution in [1.29, 1.82) is 0 Å². The minimum Gasteiger partial charge on any atom is -0.496 e. The molecule has 0 aromatic heterocycles. The first-order valence-corrected chi connectivity index (χ1v) is 6.06. The highest BCUT2D eigenvalue weighted by Crippen LogP contribution is 2.25. The van der Waals surface area contributed by atoms with Gasteiger partial charge in [-0.3, -0.25) is 0 Å². The Bertz CT molecular complexity index is 495. The summed E-state index contributed by atoms with van der Waals surface area (Å²) in [5.41, 5.74) is 0.572. The van der Waals surface area contributed by atoms with Gasteiger partial charge in [-0.1, -0.05) is 17.7 Å². The zero-order valence-corrected chi connectivity index (χ0v) is 11.5. The highest BCUT2D eigenvalue weighted by atomic mass is 35.5. The maximum Gasteiger partial charge on any atom is 0.328 e. The molecule has 0 saturated carbocycles. The lowest BCUT2D eigenvalue weighted by Gasteiger charge is -2.14. The van der Waals surface area contributed by atoms with Crippen LogP contribution in [0.25, 0.3) is 0 Å². The molecule has 2 amide bonds. The predicted octanol–water partition coefficient (Wildman–Crippen LogP) is 0.593. The van der Waals surface area contributed by atoms with Crippen LogP contribution in [0.4, 0.5) is 4.79 Å². The number of amides is 2. The van der Waals surface area contributed by atoms with E-state index >= 15 is 0 Å². The van der Waals surface area contributed by atoms with Crippen molar-refractivity contribution in [3.05, 3.63) is 28.8 Å². The number of aliphatic carboxylic acids is 1. The molecule has 0 fully saturated rings. The third kappa shape index (κ3) is 4.29. The summed E-state index contributed by atoms with van der Waals surface area (Å²) in [6.07, 6.45) is 0. The van der Waals surface area contributed by atoms with Crippen LogP contribution in [0.5, 0.6) is 5.75 Å². The van der Waals surface area contributed by atoms with E-state index in [1.807, 2.05) is 0 Å². The van der Waals surface area contributed by atoms with Crippen LogP contribution in [0, 0.1) is 0 Å². The van der Waals surface area contributed by atoms with E-state index in [-0.39, 0.29) is 6.54 Å². The molecule has 0 bridgehead atoms. The molecule has 1 atom stereocenters. The molecule has 1 aromatic rings. The predicted molar refractivity (Wildman–Crippen MR) is 71.9 cm³/mol. The highest BCUT2D eigenvalue weighted by Gasteiger charge is 2.18. The SMILES string of the molecule is COc1cccc(Cl)c1CNC(=O)N[C@@H](CO)C(=O)O. The molecule has 0 aliphatic heterocycles. The summed E-state index contributed by atoms with van der Waals surface area (Å²) in [5.74, 6) is -0.812. The summed E-state index contributed by atoms with van der Waals surface area (Å²) in [6.45, 7) is -0.634. The number of aliphatic hydroxyl groups is 1. The number of hydrogen-bond donors (Lipinski definition) is 4. The van der Waals surface area contributed by atoms with Gasteiger partial charge in [0.05, 0.1) is 13.7 Å². The zero-order chi connectivity index (χ0) is 15.1. The van der Waals surface area contributed by atoms with Crippen molar-refractivity contribution in [1.82, 2.24) is 10.6 Å². The summed E-state index contributed by atoms with van der Waals surface area (Å²) in [5, 5.41) is 22.5. The van der Waals surface area contributed by atoms with Crippen molar-refractivity contribution < 1.29 is 24.5 Å². The van der Waals surface area contributed by atoms with Crippen molar-refractivity contribution in [2.45, 2.75) is 12.6 Å². The van der Waals surface area contributed by atoms with E-state index in [2.05, 4.69) is 10.6 Å². The molecule has 0 aliphatic rings. The Labute approximate surface area is 120 Å². The van der Waals surface area contributed by atoms with E-state index in [0.29, 0.717) is 16.3 Å². The van der Waals surface area contributed by atoms with Crippen LogP contribution in [-0.4, -0.2) is 42.0 Å². The lowest BCUT2D eigenvalue weighted by atomic mass is 10.2. The fourth-order valence-corrected chi connectivity index (χ4v) is 1.70. The van der Waals surface area contributed by atoms with Gasteiger partial charge in [-0.05, 0) is 12.1 Å². The van der Waals surface area contributed by atoms with Crippen molar-refractivity contribution in [3.8, 4) is 5.75 Å². The Balaban J connectivity index is 2.63. The molecule has 7 nitrogen and oxygen atoms in total. The molecule has 1 rings (SSSR count). The standard InChI is InChI=1S/C12H15ClN2O5/c1-20-10-4-2-3-8(13)7(10)5-14-12(19)15-9(6-16)11(17)18/h2-4,9,16H,5-6H2,1H3,(H,17,18)(H2,14,15,19)/t9-/m0/s1. The van der Waals surface area contributed by atoms with Gasteiger partial charge < -0.3 is 25.6 Å². The number of carboxylic acids is 1. The second-order valence-electron chi connectivity index (χ2n) is 3.82. The summed E-state index contributed by atoms with van der Waals surface area (Å²) >= 11 is 5.99. The fraction of sp³-hybridized carbons (Fsp3) is 0.333. The summed E-state index contributed by atoms with van der Waals surface area (Å²) < 4.78 is 5.11. The lowest BCUT2D eigenvalue weighted by Crippen LogP contribution is -2.47. The van der Waals surface area contributed by atoms with Crippen LogP contribution in [0.1, 0.15) is 5.56 Å². The maximum absolute atomic E-state index is 11.5. The molecule has 0 saturated heterocycles. The van der Waals surface area contributed by atoms with Crippen LogP contribution in [0.3, 0.4) is 0 Å². The third-order valence-corrected chi connectivity index (χ3v) is 2.86. The zero-order valence-electron chi connectivity index (χ0n) is 10.7. The van der Waals surface area contributed by atoms with Crippen LogP contribution in [0.15, 0.2) is 18.2 Å². The molecule has 8 heteroatoms. The van der Waals surface area contributed by atoms with E-state index < -0.39 is 24.6 Å². The number of methoxy groups -OCH3 is 1. The largest absolute Gasteiger partial charge is 0.496 e. The second-order valence-corrected chi connectivity index (χ2v) is 4.23. The van der Waals surface area contributed by atoms with Gasteiger partial charge in [-0.2, -0.15) is 0 Å². The number of aliphatic hydroxyl groups excluding tert-OH is 1. The normalized spacial score (nSPS) is 11.6. The first-order chi connectivity index (χ1) is 9.49. The van der Waals surface area contributed by atoms with Gasteiger partial charge in [0.15, 0.2) is 6.04 Å². The van der Waals surface area contributed by atoms with E-state index in [4.69, 9.17) is 26.6 Å². The minimum absolute atomic E-state index is 0.0620. The third-order valence-electron chi connectivity index (χ3n) is 2.51. The average Bonchev–Trinajstić information content (AvgIpc) is 2.42. The minimum atomic E-state index is -1.36. The van der Waals surface area contributed by atoms with E-state index in [1.54, 1.807) is 18.2 Å². The average molecular weight is 303 g/mol. The number of halogens is 1. The van der Waals surface area contributed by atoms with Gasteiger partial charge in [-0.25, -0.2) is 9.59 Å². The summed E-state index contributed by atoms with van der Waals surface area (Å²) in [4.78, 5) is 22.2. The molecule has 0 heterocycles. The van der Waals surface area contributed by atoms with Crippen LogP contribution < -0.4 is 15.4 Å². The highest BCUT2D eigenvalue weighted by molar-refractivity contribution is 6.31. The van der Waals surface area contributed by atoms with Crippen molar-refractivity contribution in [3.63, 3.8) is 0 Å². The number of benzene rings is 1. The molecule has 0 spiro atoms. The molecule has 0 radical (unpaired) electrons. The summed E-state index contributed by atoms with van der Waals surface area (Å²) in [7, 11) is 1.47. The molecule has 20 heavy (non-hydrogen) atoms.